The molecule has 23 heavy (non-hydrogen) atoms. The van der Waals surface area contributed by atoms with Crippen LogP contribution in [0, 0.1) is 6.92 Å². The van der Waals surface area contributed by atoms with Crippen LogP contribution in [-0.2, 0) is 9.84 Å². The van der Waals surface area contributed by atoms with E-state index < -0.39 is 9.84 Å². The first-order valence-electron chi connectivity index (χ1n) is 7.08. The molecule has 0 saturated carbocycles. The molecular formula is C14H16N4O4S. The molecule has 3 rings (SSSR count). The fourth-order valence-corrected chi connectivity index (χ4v) is 4.07. The van der Waals surface area contributed by atoms with Gasteiger partial charge < -0.3 is 15.2 Å². The molecule has 9 heteroatoms. The van der Waals surface area contributed by atoms with Gasteiger partial charge in [0, 0.05) is 24.5 Å². The standard InChI is InChI=1S/C14H16N4O4S/c1-9-4-13(18-22-9)17-14(19)10-5-12(7-15-6-10)16-11-2-3-23(20,21)8-11/h4-7,11,16H,2-3,8H2,1H3,(H,17,18,19). The summed E-state index contributed by atoms with van der Waals surface area (Å²) < 4.78 is 27.8. The minimum absolute atomic E-state index is 0.0988. The molecule has 122 valence electrons. The Kier molecular flexibility index (Phi) is 4.03. The first-order valence-corrected chi connectivity index (χ1v) is 8.90. The van der Waals surface area contributed by atoms with E-state index in [-0.39, 0.29) is 23.5 Å². The Hall–Kier alpha value is -2.42. The Morgan fingerprint density at radius 3 is 2.83 bits per heavy atom. The van der Waals surface area contributed by atoms with Crippen LogP contribution in [0.3, 0.4) is 0 Å². The molecule has 0 aliphatic carbocycles. The molecule has 1 fully saturated rings. The van der Waals surface area contributed by atoms with Crippen LogP contribution in [0.15, 0.2) is 29.0 Å². The lowest BCUT2D eigenvalue weighted by molar-refractivity contribution is 0.102. The number of aromatic nitrogens is 2. The normalized spacial score (nSPS) is 19.4. The molecule has 1 amide bonds. The van der Waals surface area contributed by atoms with Crippen molar-refractivity contribution in [2.75, 3.05) is 22.1 Å². The predicted molar refractivity (Wildman–Crippen MR) is 84.1 cm³/mol. The molecule has 8 nitrogen and oxygen atoms in total. The van der Waals surface area contributed by atoms with Gasteiger partial charge in [0.1, 0.15) is 5.76 Å². The van der Waals surface area contributed by atoms with Crippen LogP contribution in [0.1, 0.15) is 22.5 Å². The van der Waals surface area contributed by atoms with E-state index in [1.165, 1.54) is 6.20 Å². The van der Waals surface area contributed by atoms with E-state index in [2.05, 4.69) is 20.8 Å². The number of nitrogens with zero attached hydrogens (tertiary/aromatic N) is 2. The number of carbonyl (C=O) groups excluding carboxylic acids is 1. The van der Waals surface area contributed by atoms with Gasteiger partial charge in [-0.2, -0.15) is 0 Å². The fraction of sp³-hybridized carbons (Fsp3) is 0.357. The zero-order valence-electron chi connectivity index (χ0n) is 12.4. The highest BCUT2D eigenvalue weighted by Crippen LogP contribution is 2.18. The van der Waals surface area contributed by atoms with Crippen LogP contribution in [0.2, 0.25) is 0 Å². The third kappa shape index (κ3) is 3.86. The Bertz CT molecular complexity index is 831. The van der Waals surface area contributed by atoms with Gasteiger partial charge in [-0.1, -0.05) is 5.16 Å². The maximum absolute atomic E-state index is 12.2. The molecule has 0 bridgehead atoms. The van der Waals surface area contributed by atoms with Crippen molar-refractivity contribution in [1.29, 1.82) is 0 Å². The fourth-order valence-electron chi connectivity index (χ4n) is 2.40. The summed E-state index contributed by atoms with van der Waals surface area (Å²) >= 11 is 0. The number of sulfone groups is 1. The summed E-state index contributed by atoms with van der Waals surface area (Å²) in [7, 11) is -2.96. The largest absolute Gasteiger partial charge is 0.380 e. The van der Waals surface area contributed by atoms with Crippen LogP contribution in [0.25, 0.3) is 0 Å². The van der Waals surface area contributed by atoms with Crippen molar-refractivity contribution in [2.24, 2.45) is 0 Å². The summed E-state index contributed by atoms with van der Waals surface area (Å²) in [6.45, 7) is 1.73. The lowest BCUT2D eigenvalue weighted by Crippen LogP contribution is -2.21. The quantitative estimate of drug-likeness (QED) is 0.863. The van der Waals surface area contributed by atoms with Crippen molar-refractivity contribution in [2.45, 2.75) is 19.4 Å². The minimum Gasteiger partial charge on any atom is -0.380 e. The highest BCUT2D eigenvalue weighted by atomic mass is 32.2. The highest BCUT2D eigenvalue weighted by Gasteiger charge is 2.27. The van der Waals surface area contributed by atoms with Crippen molar-refractivity contribution in [3.63, 3.8) is 0 Å². The summed E-state index contributed by atoms with van der Waals surface area (Å²) in [5.41, 5.74) is 0.951. The predicted octanol–water partition coefficient (Wildman–Crippen LogP) is 1.23. The lowest BCUT2D eigenvalue weighted by Gasteiger charge is -2.12. The molecule has 1 saturated heterocycles. The van der Waals surface area contributed by atoms with Crippen molar-refractivity contribution in [1.82, 2.24) is 10.1 Å². The van der Waals surface area contributed by atoms with Crippen LogP contribution in [-0.4, -0.2) is 42.0 Å². The monoisotopic (exact) mass is 336 g/mol. The zero-order valence-corrected chi connectivity index (χ0v) is 13.3. The third-order valence-corrected chi connectivity index (χ3v) is 5.24. The van der Waals surface area contributed by atoms with Gasteiger partial charge in [0.15, 0.2) is 15.7 Å². The molecular weight excluding hydrogens is 320 g/mol. The topological polar surface area (TPSA) is 114 Å². The molecule has 2 aromatic rings. The van der Waals surface area contributed by atoms with Crippen LogP contribution in [0.5, 0.6) is 0 Å². The summed E-state index contributed by atoms with van der Waals surface area (Å²) in [5.74, 6) is 0.836. The SMILES string of the molecule is Cc1cc(NC(=O)c2cncc(NC3CCS(=O)(=O)C3)c2)no1. The number of nitrogens with one attached hydrogen (secondary N) is 2. The molecule has 2 aromatic heterocycles. The number of hydrogen-bond acceptors (Lipinski definition) is 7. The van der Waals surface area contributed by atoms with Crippen LogP contribution in [0.4, 0.5) is 11.5 Å². The molecule has 0 aromatic carbocycles. The average Bonchev–Trinajstić information content (AvgIpc) is 3.04. The number of amides is 1. The molecule has 1 atom stereocenters. The van der Waals surface area contributed by atoms with Gasteiger partial charge in [-0.25, -0.2) is 8.42 Å². The smallest absolute Gasteiger partial charge is 0.258 e. The van der Waals surface area contributed by atoms with Gasteiger partial charge in [-0.15, -0.1) is 0 Å². The van der Waals surface area contributed by atoms with Crippen molar-refractivity contribution >= 4 is 27.2 Å². The second kappa shape index (κ2) is 5.99. The number of aryl methyl sites for hydroxylation is 1. The van der Waals surface area contributed by atoms with E-state index in [0.29, 0.717) is 29.2 Å². The number of anilines is 2. The zero-order chi connectivity index (χ0) is 16.4. The highest BCUT2D eigenvalue weighted by molar-refractivity contribution is 7.91. The van der Waals surface area contributed by atoms with Crippen molar-refractivity contribution in [3.8, 4) is 0 Å². The number of rotatable bonds is 4. The van der Waals surface area contributed by atoms with E-state index in [0.717, 1.165) is 0 Å². The van der Waals surface area contributed by atoms with Crippen molar-refractivity contribution in [3.05, 3.63) is 35.9 Å². The molecule has 1 aliphatic rings. The summed E-state index contributed by atoms with van der Waals surface area (Å²) in [6.07, 6.45) is 3.54. The molecule has 2 N–H and O–H groups in total. The maximum Gasteiger partial charge on any atom is 0.258 e. The number of carbonyl (C=O) groups is 1. The Labute approximate surface area is 133 Å². The molecule has 0 radical (unpaired) electrons. The summed E-state index contributed by atoms with van der Waals surface area (Å²) in [4.78, 5) is 16.2. The Morgan fingerprint density at radius 2 is 2.17 bits per heavy atom. The molecule has 1 unspecified atom stereocenters. The van der Waals surface area contributed by atoms with Gasteiger partial charge >= 0.3 is 0 Å². The number of pyridine rings is 1. The number of hydrogen-bond donors (Lipinski definition) is 2. The van der Waals surface area contributed by atoms with Crippen LogP contribution >= 0.6 is 0 Å². The lowest BCUT2D eigenvalue weighted by atomic mass is 10.2. The second-order valence-corrected chi connectivity index (χ2v) is 7.71. The molecule has 3 heterocycles. The average molecular weight is 336 g/mol. The summed E-state index contributed by atoms with van der Waals surface area (Å²) in [5, 5.41) is 9.40. The van der Waals surface area contributed by atoms with Gasteiger partial charge in [-0.3, -0.25) is 9.78 Å². The van der Waals surface area contributed by atoms with E-state index in [1.807, 2.05) is 0 Å². The summed E-state index contributed by atoms with van der Waals surface area (Å²) in [6, 6.07) is 3.08. The Balaban J connectivity index is 1.68. The maximum atomic E-state index is 12.2. The third-order valence-electron chi connectivity index (χ3n) is 3.47. The molecule has 1 aliphatic heterocycles. The Morgan fingerprint density at radius 1 is 1.35 bits per heavy atom. The van der Waals surface area contributed by atoms with Gasteiger partial charge in [0.2, 0.25) is 0 Å². The van der Waals surface area contributed by atoms with E-state index in [4.69, 9.17) is 4.52 Å². The van der Waals surface area contributed by atoms with E-state index in [9.17, 15) is 13.2 Å². The van der Waals surface area contributed by atoms with E-state index in [1.54, 1.807) is 25.3 Å². The first-order chi connectivity index (χ1) is 10.9. The minimum atomic E-state index is -2.96. The van der Waals surface area contributed by atoms with Gasteiger partial charge in [0.05, 0.1) is 22.8 Å². The first kappa shape index (κ1) is 15.5. The van der Waals surface area contributed by atoms with Gasteiger partial charge in [0.25, 0.3) is 5.91 Å². The van der Waals surface area contributed by atoms with E-state index >= 15 is 0 Å². The van der Waals surface area contributed by atoms with Crippen LogP contribution < -0.4 is 10.6 Å². The van der Waals surface area contributed by atoms with Crippen molar-refractivity contribution < 1.29 is 17.7 Å². The van der Waals surface area contributed by atoms with Gasteiger partial charge in [-0.05, 0) is 19.4 Å². The second-order valence-electron chi connectivity index (χ2n) is 5.48. The molecule has 0 spiro atoms.